The summed E-state index contributed by atoms with van der Waals surface area (Å²) in [6.45, 7) is -0.0722. The molecular weight excluding hydrogens is 273 g/mol. The van der Waals surface area contributed by atoms with Crippen LogP contribution in [0, 0.1) is 5.92 Å². The normalized spacial score (nSPS) is 29.8. The van der Waals surface area contributed by atoms with Crippen molar-refractivity contribution in [3.05, 3.63) is 0 Å². The molecule has 4 nitrogen and oxygen atoms in total. The molecule has 2 aliphatic rings. The summed E-state index contributed by atoms with van der Waals surface area (Å²) < 4.78 is 36.8. The van der Waals surface area contributed by atoms with Crippen LogP contribution in [0.2, 0.25) is 0 Å². The Kier molecular flexibility index (Phi) is 4.90. The fraction of sp³-hybridized carbons (Fsp3) is 0.923. The Morgan fingerprint density at radius 2 is 1.90 bits per heavy atom. The number of nitrogens with one attached hydrogen (secondary N) is 1. The molecule has 2 atom stereocenters. The van der Waals surface area contributed by atoms with Gasteiger partial charge < -0.3 is 10.4 Å². The van der Waals surface area contributed by atoms with E-state index < -0.39 is 30.7 Å². The molecule has 0 aromatic carbocycles. The molecule has 0 aromatic heterocycles. The number of halogens is 3. The molecule has 0 amide bonds. The summed E-state index contributed by atoms with van der Waals surface area (Å²) in [6.07, 6.45) is 0.318. The second-order valence-electron chi connectivity index (χ2n) is 5.86. The van der Waals surface area contributed by atoms with Crippen LogP contribution in [0.3, 0.4) is 0 Å². The van der Waals surface area contributed by atoms with Crippen molar-refractivity contribution in [2.24, 2.45) is 5.92 Å². The van der Waals surface area contributed by atoms with Crippen molar-refractivity contribution in [1.82, 2.24) is 10.2 Å². The quantitative estimate of drug-likeness (QED) is 0.831. The number of rotatable bonds is 4. The fourth-order valence-electron chi connectivity index (χ4n) is 3.29. The van der Waals surface area contributed by atoms with Crippen LogP contribution in [0.4, 0.5) is 13.2 Å². The summed E-state index contributed by atoms with van der Waals surface area (Å²) in [4.78, 5) is 13.3. The predicted molar refractivity (Wildman–Crippen MR) is 67.4 cm³/mol. The maximum Gasteiger partial charge on any atom is 0.401 e. The van der Waals surface area contributed by atoms with E-state index in [9.17, 15) is 18.0 Å². The van der Waals surface area contributed by atoms with Gasteiger partial charge in [-0.05, 0) is 19.3 Å². The molecule has 20 heavy (non-hydrogen) atoms. The Balaban J connectivity index is 1.95. The van der Waals surface area contributed by atoms with Crippen LogP contribution < -0.4 is 5.32 Å². The Morgan fingerprint density at radius 3 is 2.45 bits per heavy atom. The minimum Gasteiger partial charge on any atom is -0.481 e. The second-order valence-corrected chi connectivity index (χ2v) is 5.86. The summed E-state index contributed by atoms with van der Waals surface area (Å²) in [7, 11) is 0. The van der Waals surface area contributed by atoms with Gasteiger partial charge in [-0.15, -0.1) is 0 Å². The zero-order chi connectivity index (χ0) is 14.8. The lowest BCUT2D eigenvalue weighted by Crippen LogP contribution is -2.54. The average molecular weight is 294 g/mol. The molecule has 1 aliphatic carbocycles. The maximum absolute atomic E-state index is 12.3. The van der Waals surface area contributed by atoms with E-state index in [1.54, 1.807) is 0 Å². The lowest BCUT2D eigenvalue weighted by atomic mass is 9.92. The first-order valence-corrected chi connectivity index (χ1v) is 7.12. The van der Waals surface area contributed by atoms with Crippen LogP contribution in [0.15, 0.2) is 0 Å². The number of hydrogen-bond acceptors (Lipinski definition) is 3. The molecule has 2 rings (SSSR count). The standard InChI is InChI=1S/C13H21F3N2O2/c14-13(15,16)8-17-10-5-9(12(19)20)6-18(7-10)11-3-1-2-4-11/h9-11,17H,1-8H2,(H,19,20). The zero-order valence-electron chi connectivity index (χ0n) is 11.3. The smallest absolute Gasteiger partial charge is 0.401 e. The Labute approximate surface area is 116 Å². The first-order chi connectivity index (χ1) is 9.35. The van der Waals surface area contributed by atoms with Gasteiger partial charge in [0.1, 0.15) is 0 Å². The predicted octanol–water partition coefficient (Wildman–Crippen LogP) is 1.86. The monoisotopic (exact) mass is 294 g/mol. The first kappa shape index (κ1) is 15.6. The fourth-order valence-corrected chi connectivity index (χ4v) is 3.29. The molecule has 0 bridgehead atoms. The van der Waals surface area contributed by atoms with Crippen LogP contribution >= 0.6 is 0 Å². The molecule has 0 radical (unpaired) electrons. The second kappa shape index (κ2) is 6.30. The molecule has 1 heterocycles. The van der Waals surface area contributed by atoms with Crippen molar-refractivity contribution in [2.75, 3.05) is 19.6 Å². The summed E-state index contributed by atoms with van der Waals surface area (Å²) in [5.41, 5.74) is 0. The average Bonchev–Trinajstić information content (AvgIpc) is 2.89. The first-order valence-electron chi connectivity index (χ1n) is 7.12. The largest absolute Gasteiger partial charge is 0.481 e. The van der Waals surface area contributed by atoms with Crippen molar-refractivity contribution in [1.29, 1.82) is 0 Å². The SMILES string of the molecule is O=C(O)C1CC(NCC(F)(F)F)CN(C2CCCC2)C1. The molecule has 2 fully saturated rings. The minimum atomic E-state index is -4.26. The highest BCUT2D eigenvalue weighted by Gasteiger charge is 2.37. The highest BCUT2D eigenvalue weighted by Crippen LogP contribution is 2.28. The van der Waals surface area contributed by atoms with Crippen molar-refractivity contribution in [3.8, 4) is 0 Å². The Hall–Kier alpha value is -0.820. The number of alkyl halides is 3. The third-order valence-corrected chi connectivity index (χ3v) is 4.26. The van der Waals surface area contributed by atoms with Crippen LogP contribution in [0.1, 0.15) is 32.1 Å². The van der Waals surface area contributed by atoms with Gasteiger partial charge in [0.15, 0.2) is 0 Å². The van der Waals surface area contributed by atoms with E-state index in [1.165, 1.54) is 0 Å². The molecule has 116 valence electrons. The topological polar surface area (TPSA) is 52.6 Å². The number of carboxylic acids is 1. The van der Waals surface area contributed by atoms with Crippen LogP contribution in [-0.2, 0) is 4.79 Å². The summed E-state index contributed by atoms with van der Waals surface area (Å²) in [6, 6.07) is -0.0561. The van der Waals surface area contributed by atoms with E-state index in [0.29, 0.717) is 19.1 Å². The van der Waals surface area contributed by atoms with Crippen molar-refractivity contribution >= 4 is 5.97 Å². The van der Waals surface area contributed by atoms with E-state index >= 15 is 0 Å². The Morgan fingerprint density at radius 1 is 1.25 bits per heavy atom. The number of piperidine rings is 1. The van der Waals surface area contributed by atoms with Crippen molar-refractivity contribution in [3.63, 3.8) is 0 Å². The number of nitrogens with zero attached hydrogens (tertiary/aromatic N) is 1. The number of likely N-dealkylation sites (tertiary alicyclic amines) is 1. The van der Waals surface area contributed by atoms with E-state index in [-0.39, 0.29) is 6.42 Å². The van der Waals surface area contributed by atoms with Gasteiger partial charge in [-0.25, -0.2) is 0 Å². The van der Waals surface area contributed by atoms with Crippen molar-refractivity contribution < 1.29 is 23.1 Å². The molecular formula is C13H21F3N2O2. The maximum atomic E-state index is 12.3. The van der Waals surface area contributed by atoms with Gasteiger partial charge in [0, 0.05) is 25.2 Å². The zero-order valence-corrected chi connectivity index (χ0v) is 11.3. The lowest BCUT2D eigenvalue weighted by Gasteiger charge is -2.40. The van der Waals surface area contributed by atoms with E-state index in [1.807, 2.05) is 0 Å². The number of carboxylic acid groups (broad SMARTS) is 1. The van der Waals surface area contributed by atoms with Gasteiger partial charge in [-0.1, -0.05) is 12.8 Å². The highest BCUT2D eigenvalue weighted by atomic mass is 19.4. The minimum absolute atomic E-state index is 0.272. The number of aliphatic carboxylic acids is 1. The number of carbonyl (C=O) groups is 1. The van der Waals surface area contributed by atoms with Crippen LogP contribution in [0.5, 0.6) is 0 Å². The summed E-state index contributed by atoms with van der Waals surface area (Å²) in [5, 5.41) is 11.6. The molecule has 0 spiro atoms. The van der Waals surface area contributed by atoms with Gasteiger partial charge in [0.2, 0.25) is 0 Å². The third-order valence-electron chi connectivity index (χ3n) is 4.26. The van der Waals surface area contributed by atoms with Gasteiger partial charge in [-0.2, -0.15) is 13.2 Å². The van der Waals surface area contributed by atoms with Gasteiger partial charge in [0.05, 0.1) is 12.5 Å². The molecule has 2 N–H and O–H groups in total. The van der Waals surface area contributed by atoms with Gasteiger partial charge in [0.25, 0.3) is 0 Å². The third kappa shape index (κ3) is 4.34. The van der Waals surface area contributed by atoms with E-state index in [0.717, 1.165) is 25.7 Å². The van der Waals surface area contributed by atoms with Gasteiger partial charge in [-0.3, -0.25) is 9.69 Å². The summed E-state index contributed by atoms with van der Waals surface area (Å²) >= 11 is 0. The molecule has 1 saturated carbocycles. The highest BCUT2D eigenvalue weighted by molar-refractivity contribution is 5.70. The van der Waals surface area contributed by atoms with E-state index in [4.69, 9.17) is 5.11 Å². The van der Waals surface area contributed by atoms with E-state index in [2.05, 4.69) is 10.2 Å². The number of hydrogen-bond donors (Lipinski definition) is 2. The summed E-state index contributed by atoms with van der Waals surface area (Å²) in [5.74, 6) is -1.48. The van der Waals surface area contributed by atoms with Crippen LogP contribution in [-0.4, -0.2) is 53.9 Å². The van der Waals surface area contributed by atoms with Crippen molar-refractivity contribution in [2.45, 2.75) is 50.4 Å². The molecule has 1 aliphatic heterocycles. The molecule has 7 heteroatoms. The van der Waals surface area contributed by atoms with Gasteiger partial charge >= 0.3 is 12.1 Å². The molecule has 2 unspecified atom stereocenters. The van der Waals surface area contributed by atoms with Crippen LogP contribution in [0.25, 0.3) is 0 Å². The lowest BCUT2D eigenvalue weighted by molar-refractivity contribution is -0.145. The molecule has 1 saturated heterocycles. The molecule has 0 aromatic rings. The Bertz CT molecular complexity index is 343.